The maximum absolute atomic E-state index is 12.4. The van der Waals surface area contributed by atoms with Gasteiger partial charge in [-0.2, -0.15) is 10.4 Å². The molecule has 0 fully saturated rings. The summed E-state index contributed by atoms with van der Waals surface area (Å²) in [6.07, 6.45) is 0. The third kappa shape index (κ3) is 3.14. The molecule has 0 spiro atoms. The fraction of sp³-hybridized carbons (Fsp3) is 0.0556. The first kappa shape index (κ1) is 16.9. The number of carbonyl (C=O) groups excluding carboxylic acids is 2. The van der Waals surface area contributed by atoms with Gasteiger partial charge in [-0.15, -0.1) is 0 Å². The molecule has 0 saturated heterocycles. The van der Waals surface area contributed by atoms with E-state index in [0.717, 1.165) is 5.56 Å². The molecule has 0 saturated carbocycles. The molecular weight excluding hydrogens is 332 g/mol. The van der Waals surface area contributed by atoms with Gasteiger partial charge in [-0.1, -0.05) is 24.3 Å². The van der Waals surface area contributed by atoms with Gasteiger partial charge in [-0.05, 0) is 29.8 Å². The van der Waals surface area contributed by atoms with Crippen molar-refractivity contribution in [2.75, 3.05) is 5.43 Å². The van der Waals surface area contributed by atoms with Crippen molar-refractivity contribution in [1.29, 1.82) is 10.7 Å². The second-order valence-corrected chi connectivity index (χ2v) is 5.54. The van der Waals surface area contributed by atoms with Crippen LogP contribution in [0.3, 0.4) is 0 Å². The lowest BCUT2D eigenvalue weighted by Crippen LogP contribution is -2.29. The number of nitrogens with zero attached hydrogens (tertiary/aromatic N) is 3. The van der Waals surface area contributed by atoms with E-state index in [1.807, 2.05) is 0 Å². The van der Waals surface area contributed by atoms with Gasteiger partial charge >= 0.3 is 0 Å². The lowest BCUT2D eigenvalue weighted by atomic mass is 10.1. The van der Waals surface area contributed by atoms with Gasteiger partial charge in [-0.3, -0.25) is 25.3 Å². The molecule has 4 N–H and O–H groups in total. The van der Waals surface area contributed by atoms with E-state index in [1.165, 1.54) is 4.90 Å². The predicted octanol–water partition coefficient (Wildman–Crippen LogP) is 1.71. The van der Waals surface area contributed by atoms with Crippen LogP contribution in [0.2, 0.25) is 0 Å². The molecule has 128 valence electrons. The van der Waals surface area contributed by atoms with Gasteiger partial charge in [0, 0.05) is 0 Å². The van der Waals surface area contributed by atoms with Crippen LogP contribution in [-0.4, -0.2) is 28.3 Å². The number of carbonyl (C=O) groups is 2. The van der Waals surface area contributed by atoms with E-state index in [0.29, 0.717) is 16.8 Å². The number of amidine groups is 1. The molecule has 3 rings (SSSR count). The molecule has 2 aromatic carbocycles. The van der Waals surface area contributed by atoms with Crippen molar-refractivity contribution in [2.24, 2.45) is 10.8 Å². The third-order valence-corrected chi connectivity index (χ3v) is 3.83. The molecular formula is C18H14N6O2. The van der Waals surface area contributed by atoms with Crippen LogP contribution < -0.4 is 11.2 Å². The Kier molecular flexibility index (Phi) is 4.45. The van der Waals surface area contributed by atoms with Crippen LogP contribution in [0, 0.1) is 16.7 Å². The summed E-state index contributed by atoms with van der Waals surface area (Å²) in [6, 6.07) is 15.3. The zero-order valence-electron chi connectivity index (χ0n) is 13.6. The first-order valence-corrected chi connectivity index (χ1v) is 7.63. The fourth-order valence-corrected chi connectivity index (χ4v) is 2.52. The van der Waals surface area contributed by atoms with E-state index in [-0.39, 0.29) is 24.1 Å². The number of hydrogen-bond donors (Lipinski definition) is 3. The Labute approximate surface area is 149 Å². The highest BCUT2D eigenvalue weighted by Gasteiger charge is 2.34. The average Bonchev–Trinajstić information content (AvgIpc) is 2.88. The Morgan fingerprint density at radius 2 is 1.69 bits per heavy atom. The molecule has 8 heteroatoms. The zero-order valence-corrected chi connectivity index (χ0v) is 13.6. The van der Waals surface area contributed by atoms with E-state index >= 15 is 0 Å². The highest BCUT2D eigenvalue weighted by molar-refractivity contribution is 6.45. The van der Waals surface area contributed by atoms with Crippen LogP contribution in [0.15, 0.2) is 53.6 Å². The van der Waals surface area contributed by atoms with E-state index < -0.39 is 5.84 Å². The van der Waals surface area contributed by atoms with Crippen molar-refractivity contribution in [1.82, 2.24) is 4.90 Å². The Balaban J connectivity index is 1.71. The molecule has 1 aliphatic heterocycles. The SMILES string of the molecule is N#C/C(=N\Nc1ccc(CN2C(=O)c3ccccc3C2=O)cc1)C(=N)N. The first-order valence-electron chi connectivity index (χ1n) is 7.63. The van der Waals surface area contributed by atoms with Gasteiger partial charge in [0.1, 0.15) is 6.07 Å². The Hall–Kier alpha value is -3.99. The molecule has 0 atom stereocenters. The molecule has 0 bridgehead atoms. The predicted molar refractivity (Wildman–Crippen MR) is 95.7 cm³/mol. The first-order chi connectivity index (χ1) is 12.5. The maximum atomic E-state index is 12.4. The summed E-state index contributed by atoms with van der Waals surface area (Å²) in [5.74, 6) is -1.04. The maximum Gasteiger partial charge on any atom is 0.261 e. The number of rotatable bonds is 5. The van der Waals surface area contributed by atoms with Gasteiger partial charge in [0.15, 0.2) is 5.84 Å². The Morgan fingerprint density at radius 3 is 2.19 bits per heavy atom. The monoisotopic (exact) mass is 346 g/mol. The molecule has 2 aromatic rings. The summed E-state index contributed by atoms with van der Waals surface area (Å²) >= 11 is 0. The van der Waals surface area contributed by atoms with Crippen LogP contribution in [-0.2, 0) is 6.54 Å². The van der Waals surface area contributed by atoms with Crippen molar-refractivity contribution >= 4 is 29.0 Å². The van der Waals surface area contributed by atoms with Crippen molar-refractivity contribution in [3.05, 3.63) is 65.2 Å². The summed E-state index contributed by atoms with van der Waals surface area (Å²) in [7, 11) is 0. The Morgan fingerprint density at radius 1 is 1.12 bits per heavy atom. The average molecular weight is 346 g/mol. The number of hydrazone groups is 1. The van der Waals surface area contributed by atoms with Crippen LogP contribution in [0.4, 0.5) is 5.69 Å². The van der Waals surface area contributed by atoms with Crippen LogP contribution in [0.1, 0.15) is 26.3 Å². The smallest absolute Gasteiger partial charge is 0.261 e. The number of amides is 2. The molecule has 0 radical (unpaired) electrons. The van der Waals surface area contributed by atoms with Crippen molar-refractivity contribution in [3.63, 3.8) is 0 Å². The minimum atomic E-state index is -0.428. The van der Waals surface area contributed by atoms with E-state index in [2.05, 4.69) is 10.5 Å². The van der Waals surface area contributed by atoms with Crippen molar-refractivity contribution in [3.8, 4) is 6.07 Å². The minimum absolute atomic E-state index is 0.160. The number of nitrogens with one attached hydrogen (secondary N) is 2. The van der Waals surface area contributed by atoms with Gasteiger partial charge in [-0.25, -0.2) is 0 Å². The Bertz CT molecular complexity index is 937. The van der Waals surface area contributed by atoms with Crippen LogP contribution >= 0.6 is 0 Å². The summed E-state index contributed by atoms with van der Waals surface area (Å²) in [4.78, 5) is 25.9. The standard InChI is InChI=1S/C18H14N6O2/c19-9-15(16(20)21)23-22-12-7-5-11(6-8-12)10-24-17(25)13-3-1-2-4-14(13)18(24)26/h1-8,22H,10H2,(H3,20,21)/b23-15+. The molecule has 26 heavy (non-hydrogen) atoms. The van der Waals surface area contributed by atoms with E-state index in [1.54, 1.807) is 54.6 Å². The minimum Gasteiger partial charge on any atom is -0.382 e. The second kappa shape index (κ2) is 6.86. The molecule has 0 unspecified atom stereocenters. The summed E-state index contributed by atoms with van der Waals surface area (Å²) in [6.45, 7) is 0.160. The van der Waals surface area contributed by atoms with Gasteiger partial charge in [0.2, 0.25) is 5.71 Å². The van der Waals surface area contributed by atoms with E-state index in [9.17, 15) is 9.59 Å². The number of imide groups is 1. The van der Waals surface area contributed by atoms with Crippen molar-refractivity contribution in [2.45, 2.75) is 6.54 Å². The van der Waals surface area contributed by atoms with Crippen LogP contribution in [0.25, 0.3) is 0 Å². The summed E-state index contributed by atoms with van der Waals surface area (Å²) in [5.41, 5.74) is 9.78. The zero-order chi connectivity index (χ0) is 18.7. The number of hydrogen-bond acceptors (Lipinski definition) is 6. The number of anilines is 1. The molecule has 0 aliphatic carbocycles. The highest BCUT2D eigenvalue weighted by Crippen LogP contribution is 2.24. The van der Waals surface area contributed by atoms with Crippen LogP contribution in [0.5, 0.6) is 0 Å². The number of nitriles is 1. The molecule has 0 aromatic heterocycles. The topological polar surface area (TPSA) is 135 Å². The van der Waals surface area contributed by atoms with Crippen molar-refractivity contribution < 1.29 is 9.59 Å². The van der Waals surface area contributed by atoms with Gasteiger partial charge < -0.3 is 5.73 Å². The normalized spacial score (nSPS) is 13.3. The number of nitrogens with two attached hydrogens (primary N) is 1. The summed E-state index contributed by atoms with van der Waals surface area (Å²) < 4.78 is 0. The molecule has 1 heterocycles. The van der Waals surface area contributed by atoms with Gasteiger partial charge in [0.05, 0.1) is 23.4 Å². The van der Waals surface area contributed by atoms with Gasteiger partial charge in [0.25, 0.3) is 11.8 Å². The molecule has 8 nitrogen and oxygen atoms in total. The molecule has 2 amide bonds. The lowest BCUT2D eigenvalue weighted by molar-refractivity contribution is 0.0642. The largest absolute Gasteiger partial charge is 0.382 e. The lowest BCUT2D eigenvalue weighted by Gasteiger charge is -2.14. The number of fused-ring (bicyclic) bond motifs is 1. The summed E-state index contributed by atoms with van der Waals surface area (Å²) in [5, 5.41) is 19.7. The number of benzene rings is 2. The van der Waals surface area contributed by atoms with E-state index in [4.69, 9.17) is 16.4 Å². The fourth-order valence-electron chi connectivity index (χ4n) is 2.52. The molecule has 1 aliphatic rings. The quantitative estimate of drug-likeness (QED) is 0.328. The highest BCUT2D eigenvalue weighted by atomic mass is 16.2. The third-order valence-electron chi connectivity index (χ3n) is 3.83. The second-order valence-electron chi connectivity index (χ2n) is 5.54.